The van der Waals surface area contributed by atoms with Gasteiger partial charge >= 0.3 is 0 Å². The number of benzene rings is 1. The second-order valence-corrected chi connectivity index (χ2v) is 2.79. The minimum atomic E-state index is -0.362. The molecule has 0 aliphatic rings. The quantitative estimate of drug-likeness (QED) is 0.533. The zero-order chi connectivity index (χ0) is 10.4. The molecule has 2 N–H and O–H groups in total. The minimum Gasteiger partial charge on any atom is -0.394 e. The van der Waals surface area contributed by atoms with Crippen molar-refractivity contribution in [2.75, 3.05) is 6.61 Å². The van der Waals surface area contributed by atoms with Crippen LogP contribution in [0.3, 0.4) is 0 Å². The molecule has 0 saturated carbocycles. The van der Waals surface area contributed by atoms with Crippen molar-refractivity contribution in [2.45, 2.75) is 6.04 Å². The number of hydrogen-bond acceptors (Lipinski definition) is 2. The predicted octanol–water partition coefficient (Wildman–Crippen LogP) is 0.447. The van der Waals surface area contributed by atoms with Crippen molar-refractivity contribution in [3.63, 3.8) is 0 Å². The lowest BCUT2D eigenvalue weighted by atomic mass is 10.1. The lowest BCUT2D eigenvalue weighted by Crippen LogP contribution is -2.22. The molecule has 0 aliphatic carbocycles. The standard InChI is InChI=1S/C11H11NO2/c1-2-9-3-5-10(6-4-9)11(7-13)12-8-14/h1,3-6,8,11,13H,7H2,(H,12,14). The Morgan fingerprint density at radius 1 is 1.50 bits per heavy atom. The molecule has 72 valence electrons. The van der Waals surface area contributed by atoms with Gasteiger partial charge in [-0.3, -0.25) is 4.79 Å². The third kappa shape index (κ3) is 2.35. The van der Waals surface area contributed by atoms with Gasteiger partial charge in [0.2, 0.25) is 6.41 Å². The Labute approximate surface area is 82.8 Å². The van der Waals surface area contributed by atoms with Crippen LogP contribution in [0.2, 0.25) is 0 Å². The molecule has 3 heteroatoms. The Morgan fingerprint density at radius 3 is 2.57 bits per heavy atom. The largest absolute Gasteiger partial charge is 0.394 e. The average Bonchev–Trinajstić information content (AvgIpc) is 2.26. The molecule has 1 aromatic rings. The maximum atomic E-state index is 10.2. The van der Waals surface area contributed by atoms with Crippen molar-refractivity contribution < 1.29 is 9.90 Å². The SMILES string of the molecule is C#Cc1ccc(C(CO)NC=O)cc1. The average molecular weight is 189 g/mol. The number of terminal acetylenes is 1. The Kier molecular flexibility index (Phi) is 3.71. The van der Waals surface area contributed by atoms with Crippen LogP contribution in [0.15, 0.2) is 24.3 Å². The maximum Gasteiger partial charge on any atom is 0.207 e. The second kappa shape index (κ2) is 5.05. The van der Waals surface area contributed by atoms with Gasteiger partial charge in [0.1, 0.15) is 0 Å². The van der Waals surface area contributed by atoms with Gasteiger partial charge in [-0.25, -0.2) is 0 Å². The molecule has 1 amide bonds. The molecule has 0 aliphatic heterocycles. The van der Waals surface area contributed by atoms with E-state index in [9.17, 15) is 4.79 Å². The zero-order valence-electron chi connectivity index (χ0n) is 7.60. The molecule has 1 unspecified atom stereocenters. The van der Waals surface area contributed by atoms with Crippen LogP contribution < -0.4 is 5.32 Å². The maximum absolute atomic E-state index is 10.2. The van der Waals surface area contributed by atoms with Gasteiger partial charge in [-0.2, -0.15) is 0 Å². The minimum absolute atomic E-state index is 0.131. The first-order valence-electron chi connectivity index (χ1n) is 4.19. The molecule has 1 atom stereocenters. The molecular formula is C11H11NO2. The van der Waals surface area contributed by atoms with E-state index in [4.69, 9.17) is 11.5 Å². The lowest BCUT2D eigenvalue weighted by molar-refractivity contribution is -0.110. The molecule has 0 spiro atoms. The van der Waals surface area contributed by atoms with Crippen molar-refractivity contribution >= 4 is 6.41 Å². The van der Waals surface area contributed by atoms with Crippen molar-refractivity contribution in [1.82, 2.24) is 5.32 Å². The molecule has 0 saturated heterocycles. The molecule has 0 radical (unpaired) electrons. The molecule has 1 aromatic carbocycles. The fourth-order valence-electron chi connectivity index (χ4n) is 1.15. The van der Waals surface area contributed by atoms with E-state index in [-0.39, 0.29) is 12.6 Å². The number of rotatable bonds is 4. The van der Waals surface area contributed by atoms with E-state index in [1.165, 1.54) is 0 Å². The summed E-state index contributed by atoms with van der Waals surface area (Å²) in [6, 6.07) is 6.74. The first-order valence-corrected chi connectivity index (χ1v) is 4.19. The van der Waals surface area contributed by atoms with Crippen LogP contribution in [0.4, 0.5) is 0 Å². The highest BCUT2D eigenvalue weighted by Gasteiger charge is 2.07. The van der Waals surface area contributed by atoms with Crippen LogP contribution >= 0.6 is 0 Å². The van der Waals surface area contributed by atoms with E-state index in [2.05, 4.69) is 11.2 Å². The summed E-state index contributed by atoms with van der Waals surface area (Å²) in [5.41, 5.74) is 1.61. The topological polar surface area (TPSA) is 49.3 Å². The van der Waals surface area contributed by atoms with Crippen LogP contribution in [-0.4, -0.2) is 18.1 Å². The van der Waals surface area contributed by atoms with Gasteiger partial charge in [-0.05, 0) is 17.7 Å². The fraction of sp³-hybridized carbons (Fsp3) is 0.182. The molecule has 0 aromatic heterocycles. The lowest BCUT2D eigenvalue weighted by Gasteiger charge is -2.12. The Hall–Kier alpha value is -1.79. The monoisotopic (exact) mass is 189 g/mol. The highest BCUT2D eigenvalue weighted by Crippen LogP contribution is 2.12. The van der Waals surface area contributed by atoms with Crippen molar-refractivity contribution in [2.24, 2.45) is 0 Å². The number of hydrogen-bond donors (Lipinski definition) is 2. The summed E-state index contributed by atoms with van der Waals surface area (Å²) in [5.74, 6) is 2.49. The van der Waals surface area contributed by atoms with Crippen LogP contribution in [-0.2, 0) is 4.79 Å². The second-order valence-electron chi connectivity index (χ2n) is 2.79. The Morgan fingerprint density at radius 2 is 2.14 bits per heavy atom. The van der Waals surface area contributed by atoms with Gasteiger partial charge < -0.3 is 10.4 Å². The number of aliphatic hydroxyl groups is 1. The highest BCUT2D eigenvalue weighted by molar-refractivity contribution is 5.48. The summed E-state index contributed by atoms with van der Waals surface area (Å²) in [6.07, 6.45) is 5.76. The predicted molar refractivity (Wildman–Crippen MR) is 53.4 cm³/mol. The van der Waals surface area contributed by atoms with E-state index in [1.807, 2.05) is 0 Å². The molecule has 0 bridgehead atoms. The first-order chi connectivity index (χ1) is 6.81. The van der Waals surface area contributed by atoms with Gasteiger partial charge in [-0.1, -0.05) is 18.1 Å². The number of carbonyl (C=O) groups excluding carboxylic acids is 1. The number of amides is 1. The van der Waals surface area contributed by atoms with Gasteiger partial charge in [0.15, 0.2) is 0 Å². The van der Waals surface area contributed by atoms with Gasteiger partial charge in [0.25, 0.3) is 0 Å². The summed E-state index contributed by atoms with van der Waals surface area (Å²) >= 11 is 0. The molecule has 0 heterocycles. The normalized spacial score (nSPS) is 11.4. The molecular weight excluding hydrogens is 178 g/mol. The number of carbonyl (C=O) groups is 1. The van der Waals surface area contributed by atoms with Gasteiger partial charge in [0, 0.05) is 5.56 Å². The van der Waals surface area contributed by atoms with Crippen LogP contribution in [0.1, 0.15) is 17.2 Å². The van der Waals surface area contributed by atoms with Gasteiger partial charge in [0.05, 0.1) is 12.6 Å². The van der Waals surface area contributed by atoms with Crippen molar-refractivity contribution in [3.8, 4) is 12.3 Å². The van der Waals surface area contributed by atoms with Crippen LogP contribution in [0.25, 0.3) is 0 Å². The summed E-state index contributed by atoms with van der Waals surface area (Å²) in [6.45, 7) is -0.131. The highest BCUT2D eigenvalue weighted by atomic mass is 16.3. The van der Waals surface area contributed by atoms with Crippen molar-refractivity contribution in [1.29, 1.82) is 0 Å². The number of aliphatic hydroxyl groups excluding tert-OH is 1. The zero-order valence-corrected chi connectivity index (χ0v) is 7.60. The molecule has 1 rings (SSSR count). The first kappa shape index (κ1) is 10.3. The van der Waals surface area contributed by atoms with E-state index >= 15 is 0 Å². The van der Waals surface area contributed by atoms with Gasteiger partial charge in [-0.15, -0.1) is 6.42 Å². The Balaban J connectivity index is 2.84. The van der Waals surface area contributed by atoms with E-state index in [0.29, 0.717) is 6.41 Å². The van der Waals surface area contributed by atoms with E-state index in [0.717, 1.165) is 11.1 Å². The van der Waals surface area contributed by atoms with E-state index < -0.39 is 0 Å². The molecule has 14 heavy (non-hydrogen) atoms. The fourth-order valence-corrected chi connectivity index (χ4v) is 1.15. The summed E-state index contributed by atoms with van der Waals surface area (Å²) in [7, 11) is 0. The van der Waals surface area contributed by atoms with E-state index in [1.54, 1.807) is 24.3 Å². The van der Waals surface area contributed by atoms with Crippen molar-refractivity contribution in [3.05, 3.63) is 35.4 Å². The smallest absolute Gasteiger partial charge is 0.207 e. The summed E-state index contributed by atoms with van der Waals surface area (Å²) in [5, 5.41) is 11.5. The third-order valence-corrected chi connectivity index (χ3v) is 1.93. The summed E-state index contributed by atoms with van der Waals surface area (Å²) in [4.78, 5) is 10.2. The third-order valence-electron chi connectivity index (χ3n) is 1.93. The Bertz CT molecular complexity index is 337. The molecule has 3 nitrogen and oxygen atoms in total. The number of nitrogens with one attached hydrogen (secondary N) is 1. The summed E-state index contributed by atoms with van der Waals surface area (Å²) < 4.78 is 0. The van der Waals surface area contributed by atoms with Crippen LogP contribution in [0, 0.1) is 12.3 Å². The van der Waals surface area contributed by atoms with Crippen LogP contribution in [0.5, 0.6) is 0 Å². The molecule has 0 fully saturated rings.